The van der Waals surface area contributed by atoms with Crippen LogP contribution in [0.15, 0.2) is 6.20 Å². The molecule has 5 aliphatic rings. The van der Waals surface area contributed by atoms with E-state index in [9.17, 15) is 9.90 Å². The Hall–Kier alpha value is -1.49. The highest BCUT2D eigenvalue weighted by Gasteiger charge is 2.55. The van der Waals surface area contributed by atoms with Crippen LogP contribution in [0.1, 0.15) is 105 Å². The van der Waals surface area contributed by atoms with Crippen molar-refractivity contribution in [2.45, 2.75) is 95.1 Å². The highest BCUT2D eigenvalue weighted by Crippen LogP contribution is 2.55. The van der Waals surface area contributed by atoms with Crippen LogP contribution in [0.2, 0.25) is 0 Å². The number of aliphatic hydroxyl groups is 1. The Bertz CT molecular complexity index is 755. The number of nitrogens with one attached hydrogen (secondary N) is 1. The summed E-state index contributed by atoms with van der Waals surface area (Å²) in [4.78, 5) is 22.7. The summed E-state index contributed by atoms with van der Waals surface area (Å²) in [7, 11) is 0. The standard InChI is InChI=1S/C23H33N3O2/c1-13(2)21-24-12-18(20(25-21)15-5-3-4-6-15)22(27)26-19-16-7-14-8-17(19)11-23(28,9-14)10-16/h12-17,19,28H,3-11H2,1-2H3,(H,26,27). The minimum atomic E-state index is -0.464. The van der Waals surface area contributed by atoms with Crippen molar-refractivity contribution in [1.82, 2.24) is 15.3 Å². The molecule has 5 nitrogen and oxygen atoms in total. The van der Waals surface area contributed by atoms with E-state index in [1.165, 1.54) is 12.8 Å². The fourth-order valence-electron chi connectivity index (χ4n) is 6.82. The van der Waals surface area contributed by atoms with Crippen LogP contribution in [0.3, 0.4) is 0 Å². The van der Waals surface area contributed by atoms with Crippen molar-refractivity contribution in [3.8, 4) is 0 Å². The topological polar surface area (TPSA) is 75.1 Å². The third-order valence-electron chi connectivity index (χ3n) is 7.88. The number of rotatable bonds is 4. The number of carbonyl (C=O) groups is 1. The molecule has 0 aliphatic heterocycles. The molecule has 5 heteroatoms. The average Bonchev–Trinajstić information content (AvgIpc) is 3.17. The Morgan fingerprint density at radius 1 is 1.18 bits per heavy atom. The summed E-state index contributed by atoms with van der Waals surface area (Å²) in [5.74, 6) is 3.00. The number of hydrogen-bond donors (Lipinski definition) is 2. The molecule has 28 heavy (non-hydrogen) atoms. The van der Waals surface area contributed by atoms with Gasteiger partial charge in [-0.1, -0.05) is 26.7 Å². The third kappa shape index (κ3) is 3.16. The van der Waals surface area contributed by atoms with Crippen LogP contribution in [-0.4, -0.2) is 32.6 Å². The first-order chi connectivity index (χ1) is 13.4. The fourth-order valence-corrected chi connectivity index (χ4v) is 6.82. The largest absolute Gasteiger partial charge is 0.390 e. The van der Waals surface area contributed by atoms with Crippen LogP contribution < -0.4 is 5.32 Å². The van der Waals surface area contributed by atoms with Crippen molar-refractivity contribution < 1.29 is 9.90 Å². The molecule has 0 radical (unpaired) electrons. The molecule has 1 amide bonds. The van der Waals surface area contributed by atoms with Gasteiger partial charge in [0.15, 0.2) is 0 Å². The molecule has 2 N–H and O–H groups in total. The second kappa shape index (κ2) is 6.79. The summed E-state index contributed by atoms with van der Waals surface area (Å²) >= 11 is 0. The van der Waals surface area contributed by atoms with Crippen molar-refractivity contribution in [1.29, 1.82) is 0 Å². The maximum atomic E-state index is 13.3. The van der Waals surface area contributed by atoms with Crippen molar-refractivity contribution in [2.24, 2.45) is 17.8 Å². The average molecular weight is 384 g/mol. The van der Waals surface area contributed by atoms with E-state index in [2.05, 4.69) is 24.1 Å². The minimum Gasteiger partial charge on any atom is -0.390 e. The molecule has 1 aromatic rings. The number of carbonyl (C=O) groups excluding carboxylic acids is 1. The van der Waals surface area contributed by atoms with E-state index in [1.807, 2.05) is 0 Å². The first-order valence-corrected chi connectivity index (χ1v) is 11.3. The van der Waals surface area contributed by atoms with E-state index in [0.29, 0.717) is 29.2 Å². The molecule has 0 aromatic carbocycles. The van der Waals surface area contributed by atoms with Crippen LogP contribution in [0.25, 0.3) is 0 Å². The van der Waals surface area contributed by atoms with E-state index in [0.717, 1.165) is 56.5 Å². The van der Waals surface area contributed by atoms with E-state index in [4.69, 9.17) is 4.98 Å². The van der Waals surface area contributed by atoms with Crippen molar-refractivity contribution in [3.63, 3.8) is 0 Å². The van der Waals surface area contributed by atoms with Gasteiger partial charge < -0.3 is 10.4 Å². The second-order valence-electron chi connectivity index (χ2n) is 10.4. The molecule has 6 rings (SSSR count). The molecule has 5 fully saturated rings. The molecular formula is C23H33N3O2. The Morgan fingerprint density at radius 2 is 1.86 bits per heavy atom. The minimum absolute atomic E-state index is 0.00155. The molecule has 0 spiro atoms. The molecule has 4 bridgehead atoms. The molecular weight excluding hydrogens is 350 g/mol. The Labute approximate surface area is 167 Å². The van der Waals surface area contributed by atoms with Gasteiger partial charge in [0.2, 0.25) is 0 Å². The van der Waals surface area contributed by atoms with Crippen LogP contribution >= 0.6 is 0 Å². The van der Waals surface area contributed by atoms with Crippen LogP contribution in [0, 0.1) is 17.8 Å². The highest BCUT2D eigenvalue weighted by molar-refractivity contribution is 5.95. The second-order valence-corrected chi connectivity index (χ2v) is 10.4. The molecule has 1 heterocycles. The quantitative estimate of drug-likeness (QED) is 0.826. The summed E-state index contributed by atoms with van der Waals surface area (Å²) < 4.78 is 0. The van der Waals surface area contributed by atoms with Gasteiger partial charge in [-0.15, -0.1) is 0 Å². The number of amides is 1. The Balaban J connectivity index is 1.39. The molecule has 1 aromatic heterocycles. The van der Waals surface area contributed by atoms with Gasteiger partial charge in [-0.2, -0.15) is 0 Å². The lowest BCUT2D eigenvalue weighted by atomic mass is 9.52. The maximum Gasteiger partial charge on any atom is 0.254 e. The molecule has 0 saturated heterocycles. The van der Waals surface area contributed by atoms with E-state index >= 15 is 0 Å². The summed E-state index contributed by atoms with van der Waals surface area (Å²) in [5, 5.41) is 14.2. The van der Waals surface area contributed by atoms with Gasteiger partial charge in [0.1, 0.15) is 5.82 Å². The van der Waals surface area contributed by atoms with E-state index < -0.39 is 5.60 Å². The van der Waals surface area contributed by atoms with Crippen LogP contribution in [0.5, 0.6) is 0 Å². The number of aromatic nitrogens is 2. The van der Waals surface area contributed by atoms with Crippen molar-refractivity contribution >= 4 is 5.91 Å². The van der Waals surface area contributed by atoms with Gasteiger partial charge >= 0.3 is 0 Å². The predicted molar refractivity (Wildman–Crippen MR) is 107 cm³/mol. The monoisotopic (exact) mass is 383 g/mol. The number of hydrogen-bond acceptors (Lipinski definition) is 4. The van der Waals surface area contributed by atoms with E-state index in [1.54, 1.807) is 6.20 Å². The summed E-state index contributed by atoms with van der Waals surface area (Å²) in [6, 6.07) is 0.200. The lowest BCUT2D eigenvalue weighted by Gasteiger charge is -2.58. The van der Waals surface area contributed by atoms with Gasteiger partial charge in [-0.05, 0) is 62.7 Å². The smallest absolute Gasteiger partial charge is 0.254 e. The molecule has 2 atom stereocenters. The maximum absolute atomic E-state index is 13.3. The molecule has 5 saturated carbocycles. The van der Waals surface area contributed by atoms with Crippen LogP contribution in [0.4, 0.5) is 0 Å². The zero-order chi connectivity index (χ0) is 19.5. The molecule has 2 unspecified atom stereocenters. The van der Waals surface area contributed by atoms with Crippen LogP contribution in [-0.2, 0) is 0 Å². The molecule has 5 aliphatic carbocycles. The first kappa shape index (κ1) is 18.5. The fraction of sp³-hybridized carbons (Fsp3) is 0.783. The predicted octanol–water partition coefficient (Wildman–Crippen LogP) is 3.93. The lowest BCUT2D eigenvalue weighted by molar-refractivity contribution is -0.136. The SMILES string of the molecule is CC(C)c1ncc(C(=O)NC2C3CC4CC2CC(O)(C4)C3)c(C2CCCC2)n1. The van der Waals surface area contributed by atoms with Crippen molar-refractivity contribution in [3.05, 3.63) is 23.3 Å². The summed E-state index contributed by atoms with van der Waals surface area (Å²) in [6.45, 7) is 4.21. The number of nitrogens with zero attached hydrogens (tertiary/aromatic N) is 2. The zero-order valence-electron chi connectivity index (χ0n) is 17.2. The Kier molecular flexibility index (Phi) is 4.49. The zero-order valence-corrected chi connectivity index (χ0v) is 17.2. The van der Waals surface area contributed by atoms with E-state index in [-0.39, 0.29) is 17.9 Å². The summed E-state index contributed by atoms with van der Waals surface area (Å²) in [6.07, 6.45) is 11.4. The molecule has 152 valence electrons. The summed E-state index contributed by atoms with van der Waals surface area (Å²) in [5.41, 5.74) is 1.19. The van der Waals surface area contributed by atoms with Gasteiger partial charge in [0.05, 0.1) is 16.9 Å². The lowest BCUT2D eigenvalue weighted by Crippen LogP contribution is -2.61. The van der Waals surface area contributed by atoms with Gasteiger partial charge in [-0.3, -0.25) is 4.79 Å². The van der Waals surface area contributed by atoms with Gasteiger partial charge in [-0.25, -0.2) is 9.97 Å². The Morgan fingerprint density at radius 3 is 2.46 bits per heavy atom. The third-order valence-corrected chi connectivity index (χ3v) is 7.88. The van der Waals surface area contributed by atoms with Gasteiger partial charge in [0.25, 0.3) is 5.91 Å². The van der Waals surface area contributed by atoms with Gasteiger partial charge in [0, 0.05) is 24.1 Å². The first-order valence-electron chi connectivity index (χ1n) is 11.3. The normalized spacial score (nSPS) is 37.0. The highest BCUT2D eigenvalue weighted by atomic mass is 16.3. The van der Waals surface area contributed by atoms with Crippen molar-refractivity contribution in [2.75, 3.05) is 0 Å².